The lowest BCUT2D eigenvalue weighted by molar-refractivity contribution is 0.808. The van der Waals surface area contributed by atoms with Gasteiger partial charge in [0.25, 0.3) is 5.56 Å². The monoisotopic (exact) mass is 466 g/mol. The number of rotatable bonds is 5. The Hall–Kier alpha value is -3.46. The molecule has 0 atom stereocenters. The molecule has 152 valence electrons. The fourth-order valence-corrected chi connectivity index (χ4v) is 3.44. The van der Waals surface area contributed by atoms with E-state index in [1.54, 1.807) is 17.8 Å². The van der Waals surface area contributed by atoms with E-state index in [9.17, 15) is 9.59 Å². The highest BCUT2D eigenvalue weighted by molar-refractivity contribution is 9.10. The molecule has 2 aromatic heterocycles. The van der Waals surface area contributed by atoms with Gasteiger partial charge in [-0.25, -0.2) is 10.2 Å². The van der Waals surface area contributed by atoms with E-state index in [-0.39, 0.29) is 5.65 Å². The van der Waals surface area contributed by atoms with Gasteiger partial charge in [0.1, 0.15) is 0 Å². The fourth-order valence-electron chi connectivity index (χ4n) is 3.18. The van der Waals surface area contributed by atoms with Gasteiger partial charge in [0.05, 0.1) is 12.8 Å². The van der Waals surface area contributed by atoms with Crippen molar-refractivity contribution in [3.8, 4) is 0 Å². The van der Waals surface area contributed by atoms with Crippen LogP contribution < -0.4 is 16.7 Å². The van der Waals surface area contributed by atoms with E-state index >= 15 is 0 Å². The zero-order chi connectivity index (χ0) is 21.3. The van der Waals surface area contributed by atoms with Crippen LogP contribution in [-0.4, -0.2) is 25.3 Å². The van der Waals surface area contributed by atoms with Crippen molar-refractivity contribution in [3.05, 3.63) is 90.5 Å². The van der Waals surface area contributed by atoms with E-state index in [2.05, 4.69) is 36.4 Å². The molecule has 4 rings (SSSR count). The summed E-state index contributed by atoms with van der Waals surface area (Å²) in [6.45, 7) is 2.41. The van der Waals surface area contributed by atoms with E-state index < -0.39 is 11.2 Å². The molecule has 0 amide bonds. The Kier molecular flexibility index (Phi) is 5.37. The standard InChI is InChI=1S/C21H19BrN6O2/c1-13-4-3-5-15(10-13)12-28-17-18(27(2)21(30)25-19(17)29)24-20(28)26-23-11-14-6-8-16(22)9-7-14/h3-11H,12H2,1-2H3,(H,24,26)(H,25,29,30)/b23-11+. The van der Waals surface area contributed by atoms with Crippen molar-refractivity contribution in [1.29, 1.82) is 0 Å². The molecule has 0 unspecified atom stereocenters. The van der Waals surface area contributed by atoms with Crippen LogP contribution in [-0.2, 0) is 13.6 Å². The van der Waals surface area contributed by atoms with Gasteiger partial charge in [-0.05, 0) is 30.2 Å². The summed E-state index contributed by atoms with van der Waals surface area (Å²) >= 11 is 3.40. The molecule has 8 nitrogen and oxygen atoms in total. The largest absolute Gasteiger partial charge is 0.329 e. The molecule has 0 spiro atoms. The predicted molar refractivity (Wildman–Crippen MR) is 121 cm³/mol. The van der Waals surface area contributed by atoms with Crippen LogP contribution in [0.5, 0.6) is 0 Å². The van der Waals surface area contributed by atoms with Crippen LogP contribution in [0.2, 0.25) is 0 Å². The number of anilines is 1. The number of hydrogen-bond donors (Lipinski definition) is 2. The summed E-state index contributed by atoms with van der Waals surface area (Å²) in [6, 6.07) is 15.7. The van der Waals surface area contributed by atoms with Crippen molar-refractivity contribution in [3.63, 3.8) is 0 Å². The second-order valence-electron chi connectivity index (χ2n) is 6.92. The van der Waals surface area contributed by atoms with Gasteiger partial charge in [-0.15, -0.1) is 0 Å². The van der Waals surface area contributed by atoms with Gasteiger partial charge in [-0.3, -0.25) is 18.9 Å². The topological polar surface area (TPSA) is 97.1 Å². The van der Waals surface area contributed by atoms with E-state index in [1.165, 1.54) is 4.57 Å². The summed E-state index contributed by atoms with van der Waals surface area (Å²) in [4.78, 5) is 31.4. The van der Waals surface area contributed by atoms with Gasteiger partial charge < -0.3 is 0 Å². The second kappa shape index (κ2) is 8.11. The Morgan fingerprint density at radius 2 is 1.97 bits per heavy atom. The maximum absolute atomic E-state index is 12.6. The summed E-state index contributed by atoms with van der Waals surface area (Å²) in [5.74, 6) is 0.367. The molecule has 2 aromatic carbocycles. The van der Waals surface area contributed by atoms with Crippen LogP contribution in [0.4, 0.5) is 5.95 Å². The Bertz CT molecular complexity index is 1370. The minimum absolute atomic E-state index is 0.290. The molecule has 0 saturated carbocycles. The SMILES string of the molecule is Cc1cccc(Cn2c(N/N=C/c3ccc(Br)cc3)nc3c2c(=O)[nH]c(=O)n3C)c1. The molecule has 9 heteroatoms. The third-order valence-corrected chi connectivity index (χ3v) is 5.21. The first-order valence-corrected chi connectivity index (χ1v) is 10.0. The number of hydrogen-bond acceptors (Lipinski definition) is 5. The normalized spacial score (nSPS) is 11.4. The molecule has 4 aromatic rings. The van der Waals surface area contributed by atoms with Gasteiger partial charge >= 0.3 is 5.69 Å². The lowest BCUT2D eigenvalue weighted by Crippen LogP contribution is -2.29. The molecule has 0 radical (unpaired) electrons. The van der Waals surface area contributed by atoms with Crippen molar-refractivity contribution >= 4 is 39.3 Å². The first-order chi connectivity index (χ1) is 14.4. The van der Waals surface area contributed by atoms with E-state index in [0.29, 0.717) is 18.0 Å². The van der Waals surface area contributed by atoms with Crippen LogP contribution in [0.1, 0.15) is 16.7 Å². The van der Waals surface area contributed by atoms with Crippen molar-refractivity contribution in [2.45, 2.75) is 13.5 Å². The lowest BCUT2D eigenvalue weighted by atomic mass is 10.1. The molecular formula is C21H19BrN6O2. The quantitative estimate of drug-likeness (QED) is 0.349. The smallest absolute Gasteiger partial charge is 0.298 e. The van der Waals surface area contributed by atoms with Crippen molar-refractivity contribution < 1.29 is 0 Å². The van der Waals surface area contributed by atoms with Gasteiger partial charge in [0, 0.05) is 11.5 Å². The molecule has 0 aliphatic heterocycles. The molecule has 2 N–H and O–H groups in total. The predicted octanol–water partition coefficient (Wildman–Crippen LogP) is 2.99. The number of nitrogens with zero attached hydrogens (tertiary/aromatic N) is 4. The Labute approximate surface area is 180 Å². The van der Waals surface area contributed by atoms with E-state index in [0.717, 1.165) is 21.2 Å². The Morgan fingerprint density at radius 1 is 1.20 bits per heavy atom. The summed E-state index contributed by atoms with van der Waals surface area (Å²) in [5.41, 5.74) is 5.52. The number of halogens is 1. The maximum atomic E-state index is 12.6. The summed E-state index contributed by atoms with van der Waals surface area (Å²) < 4.78 is 4.02. The molecule has 2 heterocycles. The highest BCUT2D eigenvalue weighted by Gasteiger charge is 2.17. The highest BCUT2D eigenvalue weighted by atomic mass is 79.9. The van der Waals surface area contributed by atoms with Gasteiger partial charge in [0.15, 0.2) is 11.2 Å². The number of benzene rings is 2. The molecule has 0 saturated heterocycles. The molecule has 0 aliphatic carbocycles. The number of fused-ring (bicyclic) bond motifs is 1. The van der Waals surface area contributed by atoms with Crippen molar-refractivity contribution in [1.82, 2.24) is 19.1 Å². The first-order valence-electron chi connectivity index (χ1n) is 9.22. The second-order valence-corrected chi connectivity index (χ2v) is 7.84. The molecule has 30 heavy (non-hydrogen) atoms. The fraction of sp³-hybridized carbons (Fsp3) is 0.143. The number of nitrogens with one attached hydrogen (secondary N) is 2. The minimum Gasteiger partial charge on any atom is -0.298 e. The third-order valence-electron chi connectivity index (χ3n) is 4.68. The highest BCUT2D eigenvalue weighted by Crippen LogP contribution is 2.18. The van der Waals surface area contributed by atoms with Gasteiger partial charge in [-0.2, -0.15) is 10.1 Å². The first kappa shape index (κ1) is 19.8. The number of hydrazone groups is 1. The zero-order valence-electron chi connectivity index (χ0n) is 16.4. The third kappa shape index (κ3) is 3.97. The number of imidazole rings is 1. The maximum Gasteiger partial charge on any atom is 0.329 e. The molecule has 0 bridgehead atoms. The van der Waals surface area contributed by atoms with Crippen LogP contribution in [0.15, 0.2) is 67.7 Å². The molecular weight excluding hydrogens is 448 g/mol. The van der Waals surface area contributed by atoms with Crippen molar-refractivity contribution in [2.24, 2.45) is 12.1 Å². The van der Waals surface area contributed by atoms with Crippen molar-refractivity contribution in [2.75, 3.05) is 5.43 Å². The minimum atomic E-state index is -0.516. The van der Waals surface area contributed by atoms with Crippen LogP contribution in [0, 0.1) is 6.92 Å². The number of aromatic nitrogens is 4. The summed E-state index contributed by atoms with van der Waals surface area (Å²) in [7, 11) is 1.57. The zero-order valence-corrected chi connectivity index (χ0v) is 18.0. The number of aryl methyl sites for hydroxylation is 2. The molecule has 0 aliphatic rings. The van der Waals surface area contributed by atoms with E-state index in [1.807, 2.05) is 55.5 Å². The van der Waals surface area contributed by atoms with E-state index in [4.69, 9.17) is 0 Å². The van der Waals surface area contributed by atoms with Crippen LogP contribution >= 0.6 is 15.9 Å². The summed E-state index contributed by atoms with van der Waals surface area (Å²) in [5, 5.41) is 4.27. The van der Waals surface area contributed by atoms with Crippen LogP contribution in [0.25, 0.3) is 11.2 Å². The Morgan fingerprint density at radius 3 is 2.70 bits per heavy atom. The number of H-pyrrole nitrogens is 1. The summed E-state index contributed by atoms with van der Waals surface area (Å²) in [6.07, 6.45) is 1.66. The van der Waals surface area contributed by atoms with Gasteiger partial charge in [-0.1, -0.05) is 57.9 Å². The average Bonchev–Trinajstić information content (AvgIpc) is 3.07. The Balaban J connectivity index is 1.78. The lowest BCUT2D eigenvalue weighted by Gasteiger charge is -2.09. The van der Waals surface area contributed by atoms with Crippen LogP contribution in [0.3, 0.4) is 0 Å². The number of aromatic amines is 1. The average molecular weight is 467 g/mol. The van der Waals surface area contributed by atoms with Gasteiger partial charge in [0.2, 0.25) is 5.95 Å². The molecule has 0 fully saturated rings.